The lowest BCUT2D eigenvalue weighted by Crippen LogP contribution is -2.53. The highest BCUT2D eigenvalue weighted by molar-refractivity contribution is 6.69. The van der Waals surface area contributed by atoms with E-state index in [1.165, 1.54) is 28.7 Å². The lowest BCUT2D eigenvalue weighted by molar-refractivity contribution is -0.107. The fourth-order valence-electron chi connectivity index (χ4n) is 7.33. The molecule has 1 saturated heterocycles. The third-order valence-corrected chi connectivity index (χ3v) is 10.8. The molecular formula is C53H75N3O4Si. The maximum atomic E-state index is 9.98. The van der Waals surface area contributed by atoms with Crippen LogP contribution in [0.2, 0.25) is 19.6 Å². The quantitative estimate of drug-likeness (QED) is 0.0333. The van der Waals surface area contributed by atoms with Crippen LogP contribution in [-0.2, 0) is 32.4 Å². The number of nitrogens with zero attached hydrogens (tertiary/aromatic N) is 2. The SMILES string of the molecule is C=CCN(CC=C)COC.C=CCN(CC=C)C[C@H](CO)Cc1ccccc1.C[Si](C)(C)OC(c1ccccc1)(c1ccccc1)[C@@H]1CCCN1.O=CCCc1ccccc1. The van der Waals surface area contributed by atoms with Gasteiger partial charge in [-0.25, -0.2) is 0 Å². The Hall–Kier alpha value is -4.51. The number of hydrogen-bond acceptors (Lipinski definition) is 7. The molecule has 5 rings (SSSR count). The first-order valence-electron chi connectivity index (χ1n) is 21.6. The summed E-state index contributed by atoms with van der Waals surface area (Å²) in [6.45, 7) is 27.8. The minimum Gasteiger partial charge on any atom is -0.403 e. The highest BCUT2D eigenvalue weighted by Crippen LogP contribution is 2.42. The molecule has 1 aliphatic rings. The number of benzene rings is 4. The molecule has 0 unspecified atom stereocenters. The molecule has 4 aromatic rings. The van der Waals surface area contributed by atoms with Gasteiger partial charge in [0.05, 0.1) is 6.73 Å². The fourth-order valence-corrected chi connectivity index (χ4v) is 8.67. The van der Waals surface area contributed by atoms with Gasteiger partial charge >= 0.3 is 0 Å². The molecule has 0 bridgehead atoms. The zero-order chi connectivity index (χ0) is 44.6. The van der Waals surface area contributed by atoms with E-state index in [1.54, 1.807) is 7.11 Å². The van der Waals surface area contributed by atoms with E-state index in [9.17, 15) is 9.90 Å². The van der Waals surface area contributed by atoms with Gasteiger partial charge in [0.1, 0.15) is 11.9 Å². The highest BCUT2D eigenvalue weighted by Gasteiger charge is 2.46. The van der Waals surface area contributed by atoms with Gasteiger partial charge in [-0.15, -0.1) is 26.3 Å². The normalized spacial score (nSPS) is 13.9. The van der Waals surface area contributed by atoms with Crippen molar-refractivity contribution in [3.8, 4) is 0 Å². The van der Waals surface area contributed by atoms with Crippen LogP contribution in [0.3, 0.4) is 0 Å². The maximum absolute atomic E-state index is 9.98. The zero-order valence-electron chi connectivity index (χ0n) is 37.7. The van der Waals surface area contributed by atoms with E-state index in [0.29, 0.717) is 19.2 Å². The van der Waals surface area contributed by atoms with Crippen molar-refractivity contribution in [1.29, 1.82) is 0 Å². The van der Waals surface area contributed by atoms with Gasteiger partial charge in [0.15, 0.2) is 8.32 Å². The molecule has 0 aromatic heterocycles. The van der Waals surface area contributed by atoms with Crippen molar-refractivity contribution in [2.45, 2.75) is 63.4 Å². The number of methoxy groups -OCH3 is 1. The molecule has 0 radical (unpaired) electrons. The van der Waals surface area contributed by atoms with Crippen LogP contribution < -0.4 is 5.32 Å². The van der Waals surface area contributed by atoms with Crippen LogP contribution in [0.4, 0.5) is 0 Å². The topological polar surface area (TPSA) is 74.3 Å². The van der Waals surface area contributed by atoms with Gasteiger partial charge in [0.25, 0.3) is 0 Å². The molecule has 1 fully saturated rings. The number of aryl methyl sites for hydroxylation is 1. The van der Waals surface area contributed by atoms with Crippen LogP contribution >= 0.6 is 0 Å². The number of nitrogens with one attached hydrogen (secondary N) is 1. The number of aliphatic hydroxyl groups excluding tert-OH is 1. The summed E-state index contributed by atoms with van der Waals surface area (Å²) >= 11 is 0. The summed E-state index contributed by atoms with van der Waals surface area (Å²) in [6, 6.07) is 42.1. The summed E-state index contributed by atoms with van der Waals surface area (Å²) < 4.78 is 11.9. The van der Waals surface area contributed by atoms with Crippen molar-refractivity contribution in [2.24, 2.45) is 5.92 Å². The Morgan fingerprint density at radius 2 is 1.20 bits per heavy atom. The average Bonchev–Trinajstić information content (AvgIpc) is 3.83. The smallest absolute Gasteiger partial charge is 0.185 e. The number of rotatable bonds is 23. The summed E-state index contributed by atoms with van der Waals surface area (Å²) in [5.74, 6) is 0.257. The van der Waals surface area contributed by atoms with Gasteiger partial charge in [0.2, 0.25) is 0 Å². The Morgan fingerprint density at radius 1 is 0.738 bits per heavy atom. The molecule has 4 aromatic carbocycles. The zero-order valence-corrected chi connectivity index (χ0v) is 38.7. The first-order valence-corrected chi connectivity index (χ1v) is 25.1. The Morgan fingerprint density at radius 3 is 1.59 bits per heavy atom. The predicted octanol–water partition coefficient (Wildman–Crippen LogP) is 10.1. The summed E-state index contributed by atoms with van der Waals surface area (Å²) in [4.78, 5) is 14.3. The van der Waals surface area contributed by atoms with E-state index in [4.69, 9.17) is 9.16 Å². The second kappa shape index (κ2) is 31.4. The van der Waals surface area contributed by atoms with E-state index >= 15 is 0 Å². The van der Waals surface area contributed by atoms with Crippen molar-refractivity contribution in [2.75, 3.05) is 59.7 Å². The fraction of sp³-hybridized carbons (Fsp3) is 0.377. The van der Waals surface area contributed by atoms with Gasteiger partial charge in [-0.05, 0) is 80.0 Å². The number of hydrogen-bond donors (Lipinski definition) is 2. The Bertz CT molecular complexity index is 1670. The van der Waals surface area contributed by atoms with Crippen LogP contribution in [-0.4, -0.2) is 95.3 Å². The van der Waals surface area contributed by atoms with Gasteiger partial charge in [0, 0.05) is 58.9 Å². The van der Waals surface area contributed by atoms with E-state index in [1.807, 2.05) is 72.8 Å². The Balaban J connectivity index is 0.000000299. The number of carbonyl (C=O) groups excluding carboxylic acids is 1. The number of aldehydes is 1. The Labute approximate surface area is 370 Å². The standard InChI is InChI=1S/C20H27NOSi.C16H23NO.C9H10O.C8H15NO/c1-23(2,3)22-20(19-15-10-16-21-19,17-11-6-4-7-12-17)18-13-8-5-9-14-18;1-3-10-17(11-4-2)13-16(14-18)12-15-8-6-5-7-9-15;10-8-4-7-9-5-2-1-3-6-9;1-4-6-9(7-5-2)8-10-3/h4-9,11-14,19,21H,10,15-16H2,1-3H3;3-9,16,18H,1-2,10-14H2;1-3,5-6,8H,4,7H2;4-5H,1-2,6-8H2,3H3/t19-;16-;;/m01../s1. The minimum absolute atomic E-state index is 0.208. The van der Waals surface area contributed by atoms with Gasteiger partial charge in [-0.1, -0.05) is 146 Å². The molecule has 8 heteroatoms. The molecule has 0 spiro atoms. The second-order valence-corrected chi connectivity index (χ2v) is 20.5. The molecule has 2 atom stereocenters. The van der Waals surface area contributed by atoms with E-state index in [2.05, 4.69) is 134 Å². The Kier molecular flexibility index (Phi) is 27.0. The van der Waals surface area contributed by atoms with Crippen molar-refractivity contribution in [1.82, 2.24) is 15.1 Å². The summed E-state index contributed by atoms with van der Waals surface area (Å²) in [5.41, 5.74) is 4.62. The lowest BCUT2D eigenvalue weighted by atomic mass is 9.79. The van der Waals surface area contributed by atoms with Crippen molar-refractivity contribution in [3.05, 3.63) is 194 Å². The molecule has 2 N–H and O–H groups in total. The third-order valence-electron chi connectivity index (χ3n) is 9.82. The van der Waals surface area contributed by atoms with E-state index in [-0.39, 0.29) is 12.5 Å². The summed E-state index contributed by atoms with van der Waals surface area (Å²) in [6.07, 6.45) is 13.2. The maximum Gasteiger partial charge on any atom is 0.185 e. The minimum atomic E-state index is -1.77. The molecule has 7 nitrogen and oxygen atoms in total. The van der Waals surface area contributed by atoms with Crippen LogP contribution in [0.15, 0.2) is 172 Å². The van der Waals surface area contributed by atoms with Crippen LogP contribution in [0, 0.1) is 5.92 Å². The van der Waals surface area contributed by atoms with Gasteiger partial charge in [-0.3, -0.25) is 9.80 Å². The monoisotopic (exact) mass is 846 g/mol. The van der Waals surface area contributed by atoms with Gasteiger partial charge < -0.3 is 24.4 Å². The molecule has 61 heavy (non-hydrogen) atoms. The predicted molar refractivity (Wildman–Crippen MR) is 261 cm³/mol. The molecular weight excluding hydrogens is 771 g/mol. The molecule has 1 heterocycles. The number of aliphatic hydroxyl groups is 1. The molecule has 0 saturated carbocycles. The van der Waals surface area contributed by atoms with E-state index in [0.717, 1.165) is 64.8 Å². The van der Waals surface area contributed by atoms with Crippen LogP contribution in [0.25, 0.3) is 0 Å². The third kappa shape index (κ3) is 20.7. The lowest BCUT2D eigenvalue weighted by Gasteiger charge is -2.44. The van der Waals surface area contributed by atoms with Crippen molar-refractivity contribution in [3.63, 3.8) is 0 Å². The molecule has 1 aliphatic heterocycles. The van der Waals surface area contributed by atoms with Gasteiger partial charge in [-0.2, -0.15) is 0 Å². The average molecular weight is 846 g/mol. The molecule has 0 amide bonds. The van der Waals surface area contributed by atoms with Crippen LogP contribution in [0.5, 0.6) is 0 Å². The van der Waals surface area contributed by atoms with E-state index < -0.39 is 13.9 Å². The summed E-state index contributed by atoms with van der Waals surface area (Å²) in [7, 11) is -0.0860. The van der Waals surface area contributed by atoms with Crippen molar-refractivity contribution < 1.29 is 19.1 Å². The summed E-state index contributed by atoms with van der Waals surface area (Å²) in [5, 5.41) is 13.2. The van der Waals surface area contributed by atoms with Crippen LogP contribution in [0.1, 0.15) is 41.5 Å². The highest BCUT2D eigenvalue weighted by atomic mass is 28.4. The largest absolute Gasteiger partial charge is 0.403 e. The second-order valence-electron chi connectivity index (χ2n) is 16.1. The van der Waals surface area contributed by atoms with Crippen molar-refractivity contribution >= 4 is 14.6 Å². The number of carbonyl (C=O) groups is 1. The molecule has 330 valence electrons. The molecule has 0 aliphatic carbocycles. The first-order chi connectivity index (χ1) is 29.6. The first kappa shape index (κ1) is 52.6. The number of ether oxygens (including phenoxy) is 1.